The maximum atomic E-state index is 12.2. The van der Waals surface area contributed by atoms with Crippen LogP contribution < -0.4 is 10.0 Å². The van der Waals surface area contributed by atoms with Crippen LogP contribution in [0.25, 0.3) is 0 Å². The lowest BCUT2D eigenvalue weighted by Crippen LogP contribution is -2.42. The molecule has 0 bridgehead atoms. The predicted octanol–water partition coefficient (Wildman–Crippen LogP) is 4.18. The van der Waals surface area contributed by atoms with Crippen molar-refractivity contribution in [2.75, 3.05) is 13.1 Å². The molecule has 0 amide bonds. The number of sulfonamides is 1. The molecular formula is C22H38N2O2S. The standard InChI is InChI=1S/C22H38N2O2S/c1-4-19(3)27(25,26)24-22-13-11-21(12-14-22)17-23-15-6-5-9-20-10-7-8-18(2)16-20/h7-8,10,16,19,21-24H,4-6,9,11-15,17H2,1-3H3. The van der Waals surface area contributed by atoms with Crippen LogP contribution in [-0.2, 0) is 16.4 Å². The highest BCUT2D eigenvalue weighted by Crippen LogP contribution is 2.24. The molecule has 1 aliphatic carbocycles. The van der Waals surface area contributed by atoms with Crippen molar-refractivity contribution >= 4 is 10.0 Å². The molecule has 2 rings (SSSR count). The highest BCUT2D eigenvalue weighted by atomic mass is 32.2. The summed E-state index contributed by atoms with van der Waals surface area (Å²) >= 11 is 0. The molecule has 1 aromatic carbocycles. The van der Waals surface area contributed by atoms with Gasteiger partial charge < -0.3 is 5.32 Å². The van der Waals surface area contributed by atoms with Gasteiger partial charge in [0.05, 0.1) is 5.25 Å². The number of hydrogen-bond acceptors (Lipinski definition) is 3. The fraction of sp³-hybridized carbons (Fsp3) is 0.727. The second kappa shape index (κ2) is 11.2. The second-order valence-electron chi connectivity index (χ2n) is 8.25. The molecule has 0 aromatic heterocycles. The van der Waals surface area contributed by atoms with Gasteiger partial charge in [-0.3, -0.25) is 0 Å². The van der Waals surface area contributed by atoms with Crippen LogP contribution in [0.2, 0.25) is 0 Å². The summed E-state index contributed by atoms with van der Waals surface area (Å²) in [6.45, 7) is 8.00. The van der Waals surface area contributed by atoms with Gasteiger partial charge in [0.2, 0.25) is 10.0 Å². The maximum absolute atomic E-state index is 12.2. The molecule has 1 saturated carbocycles. The fourth-order valence-corrected chi connectivity index (χ4v) is 5.18. The molecule has 27 heavy (non-hydrogen) atoms. The van der Waals surface area contributed by atoms with Crippen LogP contribution in [0.15, 0.2) is 24.3 Å². The molecule has 1 fully saturated rings. The number of hydrogen-bond donors (Lipinski definition) is 2. The number of rotatable bonds is 11. The summed E-state index contributed by atoms with van der Waals surface area (Å²) < 4.78 is 27.3. The molecule has 0 aliphatic heterocycles. The number of benzene rings is 1. The highest BCUT2D eigenvalue weighted by molar-refractivity contribution is 7.90. The van der Waals surface area contributed by atoms with E-state index in [-0.39, 0.29) is 11.3 Å². The lowest BCUT2D eigenvalue weighted by atomic mass is 9.86. The van der Waals surface area contributed by atoms with Crippen molar-refractivity contribution in [3.8, 4) is 0 Å². The van der Waals surface area contributed by atoms with Gasteiger partial charge in [-0.15, -0.1) is 0 Å². The van der Waals surface area contributed by atoms with E-state index in [0.29, 0.717) is 12.3 Å². The molecule has 1 aromatic rings. The number of nitrogens with one attached hydrogen (secondary N) is 2. The molecule has 1 unspecified atom stereocenters. The van der Waals surface area contributed by atoms with Gasteiger partial charge in [-0.25, -0.2) is 13.1 Å². The second-order valence-corrected chi connectivity index (χ2v) is 10.4. The lowest BCUT2D eigenvalue weighted by molar-refractivity contribution is 0.302. The minimum absolute atomic E-state index is 0.134. The van der Waals surface area contributed by atoms with E-state index < -0.39 is 10.0 Å². The van der Waals surface area contributed by atoms with E-state index in [4.69, 9.17) is 0 Å². The Morgan fingerprint density at radius 3 is 2.56 bits per heavy atom. The third-order valence-corrected chi connectivity index (χ3v) is 7.92. The molecule has 0 heterocycles. The Labute approximate surface area is 166 Å². The van der Waals surface area contributed by atoms with Crippen molar-refractivity contribution in [3.05, 3.63) is 35.4 Å². The molecule has 2 N–H and O–H groups in total. The summed E-state index contributed by atoms with van der Waals surface area (Å²) in [6.07, 6.45) is 8.42. The zero-order chi connectivity index (χ0) is 19.7. The van der Waals surface area contributed by atoms with E-state index in [0.717, 1.165) is 45.2 Å². The van der Waals surface area contributed by atoms with Crippen LogP contribution in [-0.4, -0.2) is 32.8 Å². The van der Waals surface area contributed by atoms with Gasteiger partial charge in [0.1, 0.15) is 0 Å². The SMILES string of the molecule is CCC(C)S(=O)(=O)NC1CCC(CNCCCCc2cccc(C)c2)CC1. The van der Waals surface area contributed by atoms with Crippen LogP contribution in [0, 0.1) is 12.8 Å². The maximum Gasteiger partial charge on any atom is 0.214 e. The number of unbranched alkanes of at least 4 members (excludes halogenated alkanes) is 1. The third kappa shape index (κ3) is 7.92. The molecule has 1 atom stereocenters. The van der Waals surface area contributed by atoms with Gasteiger partial charge in [0.25, 0.3) is 0 Å². The van der Waals surface area contributed by atoms with Crippen molar-refractivity contribution in [2.45, 2.75) is 83.4 Å². The van der Waals surface area contributed by atoms with Crippen molar-refractivity contribution in [2.24, 2.45) is 5.92 Å². The first-order valence-electron chi connectivity index (χ1n) is 10.7. The molecule has 0 saturated heterocycles. The van der Waals surface area contributed by atoms with E-state index in [9.17, 15) is 8.42 Å². The van der Waals surface area contributed by atoms with Gasteiger partial charge in [-0.1, -0.05) is 36.8 Å². The first-order chi connectivity index (χ1) is 12.9. The van der Waals surface area contributed by atoms with Gasteiger partial charge >= 0.3 is 0 Å². The Morgan fingerprint density at radius 1 is 1.15 bits per heavy atom. The van der Waals surface area contributed by atoms with Crippen molar-refractivity contribution < 1.29 is 8.42 Å². The molecule has 5 heteroatoms. The minimum atomic E-state index is -3.15. The predicted molar refractivity (Wildman–Crippen MR) is 115 cm³/mol. The van der Waals surface area contributed by atoms with Crippen LogP contribution >= 0.6 is 0 Å². The van der Waals surface area contributed by atoms with Crippen molar-refractivity contribution in [1.82, 2.24) is 10.0 Å². The smallest absolute Gasteiger partial charge is 0.214 e. The van der Waals surface area contributed by atoms with Crippen molar-refractivity contribution in [1.29, 1.82) is 0 Å². The summed E-state index contributed by atoms with van der Waals surface area (Å²) in [5.41, 5.74) is 2.78. The summed E-state index contributed by atoms with van der Waals surface area (Å²) in [6, 6.07) is 8.92. The third-order valence-electron chi connectivity index (χ3n) is 5.87. The van der Waals surface area contributed by atoms with E-state index in [1.54, 1.807) is 6.92 Å². The first kappa shape index (κ1) is 22.4. The van der Waals surface area contributed by atoms with Gasteiger partial charge in [0.15, 0.2) is 0 Å². The Balaban J connectivity index is 1.55. The molecular weight excluding hydrogens is 356 g/mol. The summed E-state index contributed by atoms with van der Waals surface area (Å²) in [7, 11) is -3.15. The Hall–Kier alpha value is -0.910. The molecule has 154 valence electrons. The van der Waals surface area contributed by atoms with Gasteiger partial charge in [-0.05, 0) is 89.8 Å². The summed E-state index contributed by atoms with van der Waals surface area (Å²) in [4.78, 5) is 0. The highest BCUT2D eigenvalue weighted by Gasteiger charge is 2.27. The van der Waals surface area contributed by atoms with Crippen LogP contribution in [0.3, 0.4) is 0 Å². The average Bonchev–Trinajstić information content (AvgIpc) is 2.65. The van der Waals surface area contributed by atoms with E-state index in [1.165, 1.54) is 24.0 Å². The summed E-state index contributed by atoms with van der Waals surface area (Å²) in [5, 5.41) is 3.31. The quantitative estimate of drug-likeness (QED) is 0.554. The van der Waals surface area contributed by atoms with E-state index >= 15 is 0 Å². The van der Waals surface area contributed by atoms with Crippen LogP contribution in [0.1, 0.15) is 69.9 Å². The molecule has 4 nitrogen and oxygen atoms in total. The van der Waals surface area contributed by atoms with Gasteiger partial charge in [0, 0.05) is 6.04 Å². The Morgan fingerprint density at radius 2 is 1.89 bits per heavy atom. The van der Waals surface area contributed by atoms with E-state index in [2.05, 4.69) is 41.2 Å². The Kier molecular flexibility index (Phi) is 9.27. The monoisotopic (exact) mass is 394 g/mol. The van der Waals surface area contributed by atoms with E-state index in [1.807, 2.05) is 6.92 Å². The van der Waals surface area contributed by atoms with Crippen molar-refractivity contribution in [3.63, 3.8) is 0 Å². The van der Waals surface area contributed by atoms with Crippen LogP contribution in [0.4, 0.5) is 0 Å². The molecule has 0 radical (unpaired) electrons. The molecule has 0 spiro atoms. The largest absolute Gasteiger partial charge is 0.316 e. The average molecular weight is 395 g/mol. The summed E-state index contributed by atoms with van der Waals surface area (Å²) in [5.74, 6) is 0.686. The Bertz CT molecular complexity index is 652. The zero-order valence-corrected chi connectivity index (χ0v) is 18.2. The van der Waals surface area contributed by atoms with Gasteiger partial charge in [-0.2, -0.15) is 0 Å². The molecule has 1 aliphatic rings. The zero-order valence-electron chi connectivity index (χ0n) is 17.3. The topological polar surface area (TPSA) is 58.2 Å². The van der Waals surface area contributed by atoms with Crippen LogP contribution in [0.5, 0.6) is 0 Å². The minimum Gasteiger partial charge on any atom is -0.316 e. The lowest BCUT2D eigenvalue weighted by Gasteiger charge is -2.30. The fourth-order valence-electron chi connectivity index (χ4n) is 3.81. The normalized spacial score (nSPS) is 21.9. The number of aryl methyl sites for hydroxylation is 2. The first-order valence-corrected chi connectivity index (χ1v) is 12.2.